The largest absolute Gasteiger partial charge is 0.378 e. The molecule has 0 spiro atoms. The quantitative estimate of drug-likeness (QED) is 0.730. The predicted molar refractivity (Wildman–Crippen MR) is 68.5 cm³/mol. The molecule has 3 N–H and O–H groups in total. The van der Waals surface area contributed by atoms with Crippen molar-refractivity contribution in [2.24, 2.45) is 11.1 Å². The van der Waals surface area contributed by atoms with Crippen LogP contribution in [0, 0.1) is 5.41 Å². The smallest absolute Gasteiger partial charge is 0.0655 e. The number of nitrogens with one attached hydrogen (secondary N) is 1. The molecule has 0 bridgehead atoms. The Morgan fingerprint density at radius 1 is 1.44 bits per heavy atom. The summed E-state index contributed by atoms with van der Waals surface area (Å²) < 4.78 is 5.71. The third kappa shape index (κ3) is 3.44. The number of hydrogen-bond acceptors (Lipinski definition) is 3. The molecule has 0 aromatic carbocycles. The molecule has 3 nitrogen and oxygen atoms in total. The van der Waals surface area contributed by atoms with E-state index in [-0.39, 0.29) is 11.0 Å². The summed E-state index contributed by atoms with van der Waals surface area (Å²) in [6, 6.07) is 0.575. The predicted octanol–water partition coefficient (Wildman–Crippen LogP) is 1.91. The molecule has 96 valence electrons. The topological polar surface area (TPSA) is 47.3 Å². The van der Waals surface area contributed by atoms with Crippen LogP contribution in [0.3, 0.4) is 0 Å². The number of hydrogen-bond donors (Lipinski definition) is 2. The second kappa shape index (κ2) is 5.03. The first-order chi connectivity index (χ1) is 7.27. The highest BCUT2D eigenvalue weighted by Crippen LogP contribution is 2.42. The summed E-state index contributed by atoms with van der Waals surface area (Å²) in [6.07, 6.45) is 2.56. The molecule has 0 amide bonds. The first kappa shape index (κ1) is 13.9. The van der Waals surface area contributed by atoms with E-state index in [9.17, 15) is 0 Å². The molecule has 0 heterocycles. The van der Waals surface area contributed by atoms with E-state index in [4.69, 9.17) is 10.5 Å². The molecule has 2 atom stereocenters. The van der Waals surface area contributed by atoms with Crippen molar-refractivity contribution in [1.29, 1.82) is 0 Å². The highest BCUT2D eigenvalue weighted by molar-refractivity contribution is 5.02. The van der Waals surface area contributed by atoms with Crippen molar-refractivity contribution < 1.29 is 4.74 Å². The molecule has 16 heavy (non-hydrogen) atoms. The van der Waals surface area contributed by atoms with Gasteiger partial charge >= 0.3 is 0 Å². The molecule has 0 aromatic heterocycles. The minimum absolute atomic E-state index is 0.0692. The van der Waals surface area contributed by atoms with Crippen LogP contribution in [0.25, 0.3) is 0 Å². The summed E-state index contributed by atoms with van der Waals surface area (Å²) in [5.74, 6) is 0. The van der Waals surface area contributed by atoms with Gasteiger partial charge in [-0.2, -0.15) is 0 Å². The van der Waals surface area contributed by atoms with Gasteiger partial charge in [-0.25, -0.2) is 0 Å². The van der Waals surface area contributed by atoms with Crippen LogP contribution in [0.2, 0.25) is 0 Å². The summed E-state index contributed by atoms with van der Waals surface area (Å²) in [5, 5.41) is 3.59. The first-order valence-corrected chi connectivity index (χ1v) is 6.41. The van der Waals surface area contributed by atoms with Crippen LogP contribution in [0.1, 0.15) is 47.5 Å². The monoisotopic (exact) mass is 228 g/mol. The van der Waals surface area contributed by atoms with E-state index in [1.807, 2.05) is 0 Å². The molecule has 0 radical (unpaired) electrons. The Morgan fingerprint density at radius 2 is 2.06 bits per heavy atom. The van der Waals surface area contributed by atoms with Gasteiger partial charge in [-0.1, -0.05) is 13.8 Å². The molecule has 1 saturated carbocycles. The average molecular weight is 228 g/mol. The van der Waals surface area contributed by atoms with Crippen LogP contribution >= 0.6 is 0 Å². The summed E-state index contributed by atoms with van der Waals surface area (Å²) >= 11 is 0. The van der Waals surface area contributed by atoms with Crippen LogP contribution in [-0.2, 0) is 4.74 Å². The number of ether oxygens (including phenoxy) is 1. The Labute approximate surface area is 100 Å². The summed E-state index contributed by atoms with van der Waals surface area (Å²) in [7, 11) is 0. The van der Waals surface area contributed by atoms with Crippen molar-refractivity contribution in [3.8, 4) is 0 Å². The van der Waals surface area contributed by atoms with Crippen molar-refractivity contribution in [2.75, 3.05) is 13.2 Å². The van der Waals surface area contributed by atoms with Crippen molar-refractivity contribution >= 4 is 0 Å². The lowest BCUT2D eigenvalue weighted by atomic mass is 9.64. The van der Waals surface area contributed by atoms with Crippen molar-refractivity contribution in [1.82, 2.24) is 5.32 Å². The Kier molecular flexibility index (Phi) is 4.38. The maximum absolute atomic E-state index is 5.96. The minimum Gasteiger partial charge on any atom is -0.378 e. The highest BCUT2D eigenvalue weighted by atomic mass is 16.5. The van der Waals surface area contributed by atoms with Gasteiger partial charge in [0, 0.05) is 23.6 Å². The zero-order chi connectivity index (χ0) is 12.4. The minimum atomic E-state index is -0.0692. The van der Waals surface area contributed by atoms with Gasteiger partial charge in [0.05, 0.1) is 6.10 Å². The van der Waals surface area contributed by atoms with Crippen LogP contribution in [0.15, 0.2) is 0 Å². The first-order valence-electron chi connectivity index (χ1n) is 6.41. The molecule has 3 heteroatoms. The van der Waals surface area contributed by atoms with Gasteiger partial charge in [0.25, 0.3) is 0 Å². The molecule has 1 fully saturated rings. The van der Waals surface area contributed by atoms with E-state index in [1.165, 1.54) is 0 Å². The van der Waals surface area contributed by atoms with E-state index in [0.29, 0.717) is 12.1 Å². The Bertz CT molecular complexity index is 220. The maximum atomic E-state index is 5.96. The van der Waals surface area contributed by atoms with Crippen LogP contribution in [-0.4, -0.2) is 30.8 Å². The summed E-state index contributed by atoms with van der Waals surface area (Å²) in [5.41, 5.74) is 6.15. The third-order valence-corrected chi connectivity index (χ3v) is 3.71. The van der Waals surface area contributed by atoms with Gasteiger partial charge in [0.1, 0.15) is 0 Å². The molecule has 0 saturated heterocycles. The van der Waals surface area contributed by atoms with Gasteiger partial charge in [0.2, 0.25) is 0 Å². The van der Waals surface area contributed by atoms with Gasteiger partial charge in [-0.15, -0.1) is 0 Å². The van der Waals surface area contributed by atoms with Crippen LogP contribution in [0.4, 0.5) is 0 Å². The summed E-state index contributed by atoms with van der Waals surface area (Å²) in [4.78, 5) is 0. The van der Waals surface area contributed by atoms with Gasteiger partial charge in [-0.05, 0) is 40.2 Å². The fourth-order valence-electron chi connectivity index (χ4n) is 2.28. The van der Waals surface area contributed by atoms with E-state index in [2.05, 4.69) is 39.9 Å². The van der Waals surface area contributed by atoms with E-state index >= 15 is 0 Å². The number of nitrogens with two attached hydrogens (primary N) is 1. The lowest BCUT2D eigenvalue weighted by molar-refractivity contribution is -0.114. The van der Waals surface area contributed by atoms with E-state index in [1.54, 1.807) is 0 Å². The van der Waals surface area contributed by atoms with E-state index < -0.39 is 0 Å². The molecular formula is C13H28N2O. The fourth-order valence-corrected chi connectivity index (χ4v) is 2.28. The fraction of sp³-hybridized carbons (Fsp3) is 1.00. The number of rotatable bonds is 6. The van der Waals surface area contributed by atoms with Gasteiger partial charge in [-0.3, -0.25) is 0 Å². The molecular weight excluding hydrogens is 200 g/mol. The average Bonchev–Trinajstić information content (AvgIpc) is 2.13. The zero-order valence-electron chi connectivity index (χ0n) is 11.5. The lowest BCUT2D eigenvalue weighted by Crippen LogP contribution is -2.61. The van der Waals surface area contributed by atoms with Crippen LogP contribution < -0.4 is 11.1 Å². The van der Waals surface area contributed by atoms with Gasteiger partial charge in [0.15, 0.2) is 0 Å². The van der Waals surface area contributed by atoms with E-state index in [0.717, 1.165) is 26.0 Å². The molecule has 2 unspecified atom stereocenters. The van der Waals surface area contributed by atoms with Crippen molar-refractivity contribution in [3.63, 3.8) is 0 Å². The van der Waals surface area contributed by atoms with Gasteiger partial charge < -0.3 is 15.8 Å². The molecule has 0 aromatic rings. The lowest BCUT2D eigenvalue weighted by Gasteiger charge is -2.52. The molecule has 1 rings (SSSR count). The second-order valence-electron chi connectivity index (χ2n) is 6.25. The molecule has 1 aliphatic carbocycles. The molecule has 1 aliphatic rings. The standard InChI is InChI=1S/C13H28N2O/c1-6-16-11-9-10(13(11,4)5)15-8-7-12(2,3)14/h10-11,15H,6-9,14H2,1-5H3. The van der Waals surface area contributed by atoms with Crippen molar-refractivity contribution in [3.05, 3.63) is 0 Å². The Morgan fingerprint density at radius 3 is 2.50 bits per heavy atom. The highest BCUT2D eigenvalue weighted by Gasteiger charge is 2.48. The van der Waals surface area contributed by atoms with Crippen molar-refractivity contribution in [2.45, 2.75) is 65.1 Å². The SMILES string of the molecule is CCOC1CC(NCCC(C)(C)N)C1(C)C. The maximum Gasteiger partial charge on any atom is 0.0655 e. The normalized spacial score (nSPS) is 28.9. The van der Waals surface area contributed by atoms with Crippen LogP contribution in [0.5, 0.6) is 0 Å². The third-order valence-electron chi connectivity index (χ3n) is 3.71. The Hall–Kier alpha value is -0.120. The zero-order valence-corrected chi connectivity index (χ0v) is 11.5. The second-order valence-corrected chi connectivity index (χ2v) is 6.25. The Balaban J connectivity index is 2.26. The summed E-state index contributed by atoms with van der Waals surface area (Å²) in [6.45, 7) is 12.6. The molecule has 0 aliphatic heterocycles.